The molecule has 0 bridgehead atoms. The molecule has 0 amide bonds. The highest BCUT2D eigenvalue weighted by Gasteiger charge is 2.17. The number of aromatic nitrogens is 1. The largest absolute Gasteiger partial charge is 0.439 e. The Morgan fingerprint density at radius 3 is 2.29 bits per heavy atom. The number of rotatable bonds is 5. The predicted octanol–water partition coefficient (Wildman–Crippen LogP) is 4.58. The zero-order valence-electron chi connectivity index (χ0n) is 13.3. The molecule has 1 aromatic heterocycles. The summed E-state index contributed by atoms with van der Waals surface area (Å²) in [6.45, 7) is 8.63. The van der Waals surface area contributed by atoms with Crippen LogP contribution in [0.2, 0.25) is 0 Å². The van der Waals surface area contributed by atoms with Gasteiger partial charge < -0.3 is 10.5 Å². The van der Waals surface area contributed by atoms with Crippen molar-refractivity contribution in [2.45, 2.75) is 45.6 Å². The summed E-state index contributed by atoms with van der Waals surface area (Å²) in [6, 6.07) is 12.0. The minimum Gasteiger partial charge on any atom is -0.439 e. The summed E-state index contributed by atoms with van der Waals surface area (Å²) in [4.78, 5) is 4.28. The van der Waals surface area contributed by atoms with Gasteiger partial charge in [0.1, 0.15) is 5.75 Å². The van der Waals surface area contributed by atoms with E-state index in [1.54, 1.807) is 6.20 Å². The molecule has 1 aromatic carbocycles. The van der Waals surface area contributed by atoms with Crippen LogP contribution in [0.25, 0.3) is 0 Å². The van der Waals surface area contributed by atoms with Gasteiger partial charge in [0.15, 0.2) is 0 Å². The van der Waals surface area contributed by atoms with Gasteiger partial charge in [-0.15, -0.1) is 0 Å². The highest BCUT2D eigenvalue weighted by atomic mass is 16.5. The van der Waals surface area contributed by atoms with Crippen LogP contribution in [0.4, 0.5) is 0 Å². The standard InChI is InChI=1S/C18H24N2O/c1-5-18(3,4)15-7-9-16(10-8-15)21-17-11-6-14(12-20-17)13(2)19/h6-13H,5,19H2,1-4H3/t13-/m1/s1. The number of ether oxygens (including phenoxy) is 1. The van der Waals surface area contributed by atoms with Crippen molar-refractivity contribution in [1.29, 1.82) is 0 Å². The summed E-state index contributed by atoms with van der Waals surface area (Å²) in [6.07, 6.45) is 2.86. The van der Waals surface area contributed by atoms with Crippen LogP contribution in [-0.2, 0) is 5.41 Å². The van der Waals surface area contributed by atoms with Crippen LogP contribution in [0, 0.1) is 0 Å². The lowest BCUT2D eigenvalue weighted by molar-refractivity contribution is 0.460. The van der Waals surface area contributed by atoms with Crippen molar-refractivity contribution < 1.29 is 4.74 Å². The van der Waals surface area contributed by atoms with Gasteiger partial charge >= 0.3 is 0 Å². The van der Waals surface area contributed by atoms with Crippen molar-refractivity contribution >= 4 is 0 Å². The zero-order chi connectivity index (χ0) is 15.5. The van der Waals surface area contributed by atoms with Gasteiger partial charge in [0.25, 0.3) is 0 Å². The Bertz CT molecular complexity index is 571. The Hall–Kier alpha value is -1.87. The van der Waals surface area contributed by atoms with Crippen molar-refractivity contribution in [3.05, 3.63) is 53.7 Å². The van der Waals surface area contributed by atoms with E-state index in [1.165, 1.54) is 5.56 Å². The second kappa shape index (κ2) is 6.27. The number of hydrogen-bond acceptors (Lipinski definition) is 3. The van der Waals surface area contributed by atoms with Crippen LogP contribution in [0.5, 0.6) is 11.6 Å². The minimum atomic E-state index is -0.0119. The van der Waals surface area contributed by atoms with E-state index in [1.807, 2.05) is 31.2 Å². The Balaban J connectivity index is 2.10. The number of nitrogens with zero attached hydrogens (tertiary/aromatic N) is 1. The van der Waals surface area contributed by atoms with Crippen molar-refractivity contribution in [3.8, 4) is 11.6 Å². The maximum absolute atomic E-state index is 5.81. The molecule has 0 aliphatic rings. The van der Waals surface area contributed by atoms with Gasteiger partial charge in [-0.1, -0.05) is 39.0 Å². The molecule has 0 fully saturated rings. The molecular formula is C18H24N2O. The molecule has 0 spiro atoms. The van der Waals surface area contributed by atoms with Crippen LogP contribution in [-0.4, -0.2) is 4.98 Å². The number of nitrogens with two attached hydrogens (primary N) is 1. The van der Waals surface area contributed by atoms with Gasteiger partial charge in [0, 0.05) is 18.3 Å². The van der Waals surface area contributed by atoms with Crippen LogP contribution in [0.1, 0.15) is 51.3 Å². The molecule has 0 aliphatic heterocycles. The summed E-state index contributed by atoms with van der Waals surface area (Å²) in [5.74, 6) is 1.38. The molecule has 3 nitrogen and oxygen atoms in total. The molecule has 0 saturated heterocycles. The van der Waals surface area contributed by atoms with Crippen LogP contribution >= 0.6 is 0 Å². The fourth-order valence-corrected chi connectivity index (χ4v) is 2.02. The smallest absolute Gasteiger partial charge is 0.219 e. The molecule has 1 atom stereocenters. The molecule has 21 heavy (non-hydrogen) atoms. The van der Waals surface area contributed by atoms with Gasteiger partial charge in [0.2, 0.25) is 5.88 Å². The molecule has 2 aromatic rings. The molecular weight excluding hydrogens is 260 g/mol. The van der Waals surface area contributed by atoms with Gasteiger partial charge in [-0.05, 0) is 42.0 Å². The molecule has 1 heterocycles. The Kier molecular flexibility index (Phi) is 4.63. The van der Waals surface area contributed by atoms with Crippen LogP contribution in [0.3, 0.4) is 0 Å². The first-order valence-electron chi connectivity index (χ1n) is 7.42. The Labute approximate surface area is 127 Å². The third-order valence-electron chi connectivity index (χ3n) is 4.03. The molecule has 2 rings (SSSR count). The second-order valence-corrected chi connectivity index (χ2v) is 6.08. The van der Waals surface area contributed by atoms with Gasteiger partial charge in [-0.2, -0.15) is 0 Å². The van der Waals surface area contributed by atoms with E-state index in [4.69, 9.17) is 10.5 Å². The first-order valence-corrected chi connectivity index (χ1v) is 7.42. The monoisotopic (exact) mass is 284 g/mol. The average molecular weight is 284 g/mol. The summed E-state index contributed by atoms with van der Waals surface area (Å²) in [5, 5.41) is 0. The summed E-state index contributed by atoms with van der Waals surface area (Å²) in [5.41, 5.74) is 8.32. The van der Waals surface area contributed by atoms with E-state index in [-0.39, 0.29) is 11.5 Å². The van der Waals surface area contributed by atoms with E-state index in [0.29, 0.717) is 5.88 Å². The number of benzene rings is 1. The third-order valence-corrected chi connectivity index (χ3v) is 4.03. The molecule has 0 unspecified atom stereocenters. The van der Waals surface area contributed by atoms with E-state index in [9.17, 15) is 0 Å². The predicted molar refractivity (Wildman–Crippen MR) is 86.7 cm³/mol. The van der Waals surface area contributed by atoms with Crippen molar-refractivity contribution in [1.82, 2.24) is 4.98 Å². The molecule has 2 N–H and O–H groups in total. The molecule has 0 aliphatic carbocycles. The van der Waals surface area contributed by atoms with E-state index in [0.717, 1.165) is 17.7 Å². The molecule has 0 radical (unpaired) electrons. The van der Waals surface area contributed by atoms with Crippen molar-refractivity contribution in [2.24, 2.45) is 5.73 Å². The Morgan fingerprint density at radius 1 is 1.14 bits per heavy atom. The number of pyridine rings is 1. The van der Waals surface area contributed by atoms with Crippen molar-refractivity contribution in [2.75, 3.05) is 0 Å². The fraction of sp³-hybridized carbons (Fsp3) is 0.389. The Morgan fingerprint density at radius 2 is 1.81 bits per heavy atom. The van der Waals surface area contributed by atoms with Gasteiger partial charge in [-0.3, -0.25) is 0 Å². The van der Waals surface area contributed by atoms with Gasteiger partial charge in [0.05, 0.1) is 0 Å². The fourth-order valence-electron chi connectivity index (χ4n) is 2.02. The normalized spacial score (nSPS) is 13.0. The maximum Gasteiger partial charge on any atom is 0.219 e. The summed E-state index contributed by atoms with van der Waals surface area (Å²) in [7, 11) is 0. The molecule has 0 saturated carbocycles. The quantitative estimate of drug-likeness (QED) is 0.874. The van der Waals surface area contributed by atoms with Crippen molar-refractivity contribution in [3.63, 3.8) is 0 Å². The van der Waals surface area contributed by atoms with E-state index < -0.39 is 0 Å². The van der Waals surface area contributed by atoms with Crippen LogP contribution < -0.4 is 10.5 Å². The lowest BCUT2D eigenvalue weighted by Gasteiger charge is -2.23. The number of hydrogen-bond donors (Lipinski definition) is 1. The summed E-state index contributed by atoms with van der Waals surface area (Å²) >= 11 is 0. The maximum atomic E-state index is 5.81. The van der Waals surface area contributed by atoms with E-state index in [2.05, 4.69) is 37.9 Å². The highest BCUT2D eigenvalue weighted by Crippen LogP contribution is 2.29. The highest BCUT2D eigenvalue weighted by molar-refractivity contribution is 5.34. The lowest BCUT2D eigenvalue weighted by Crippen LogP contribution is -2.14. The van der Waals surface area contributed by atoms with E-state index >= 15 is 0 Å². The van der Waals surface area contributed by atoms with Crippen LogP contribution in [0.15, 0.2) is 42.6 Å². The first kappa shape index (κ1) is 15.5. The lowest BCUT2D eigenvalue weighted by atomic mass is 9.82. The SMILES string of the molecule is CCC(C)(C)c1ccc(Oc2ccc([C@@H](C)N)cn2)cc1. The summed E-state index contributed by atoms with van der Waals surface area (Å²) < 4.78 is 5.76. The minimum absolute atomic E-state index is 0.0119. The zero-order valence-corrected chi connectivity index (χ0v) is 13.3. The average Bonchev–Trinajstić information content (AvgIpc) is 2.48. The molecule has 3 heteroatoms. The second-order valence-electron chi connectivity index (χ2n) is 6.08. The first-order chi connectivity index (χ1) is 9.92. The van der Waals surface area contributed by atoms with Gasteiger partial charge in [-0.25, -0.2) is 4.98 Å². The molecule has 112 valence electrons. The third kappa shape index (κ3) is 3.82. The topological polar surface area (TPSA) is 48.1 Å².